The van der Waals surface area contributed by atoms with Gasteiger partial charge in [0.25, 0.3) is 0 Å². The first kappa shape index (κ1) is 17.1. The Hall–Kier alpha value is -2.21. The maximum atomic E-state index is 13.0. The first-order valence-electron chi connectivity index (χ1n) is 7.00. The quantitative estimate of drug-likeness (QED) is 0.765. The van der Waals surface area contributed by atoms with Crippen molar-refractivity contribution < 1.29 is 18.7 Å². The van der Waals surface area contributed by atoms with Crippen molar-refractivity contribution in [2.24, 2.45) is 0 Å². The van der Waals surface area contributed by atoms with Gasteiger partial charge in [-0.3, -0.25) is 9.59 Å². The number of benzene rings is 2. The monoisotopic (exact) mass is 379 g/mol. The molecule has 0 saturated heterocycles. The van der Waals surface area contributed by atoms with Crippen molar-refractivity contribution in [3.05, 3.63) is 58.3 Å². The zero-order chi connectivity index (χ0) is 16.8. The molecule has 0 fully saturated rings. The number of nitrogens with one attached hydrogen (secondary N) is 1. The average Bonchev–Trinajstić information content (AvgIpc) is 2.54. The van der Waals surface area contributed by atoms with Crippen LogP contribution in [0.1, 0.15) is 23.7 Å². The first-order valence-corrected chi connectivity index (χ1v) is 7.80. The zero-order valence-electron chi connectivity index (χ0n) is 12.4. The molecule has 0 radical (unpaired) electrons. The van der Waals surface area contributed by atoms with Gasteiger partial charge in [-0.15, -0.1) is 0 Å². The summed E-state index contributed by atoms with van der Waals surface area (Å²) in [6, 6.07) is 10.5. The highest BCUT2D eigenvalue weighted by Crippen LogP contribution is 2.25. The van der Waals surface area contributed by atoms with Crippen molar-refractivity contribution in [3.63, 3.8) is 0 Å². The third-order valence-corrected chi connectivity index (χ3v) is 3.68. The second-order valence-electron chi connectivity index (χ2n) is 4.77. The number of amides is 1. The molecule has 0 aliphatic rings. The van der Waals surface area contributed by atoms with Gasteiger partial charge in [0.05, 0.1) is 4.47 Å². The molecule has 23 heavy (non-hydrogen) atoms. The van der Waals surface area contributed by atoms with E-state index in [-0.39, 0.29) is 24.1 Å². The van der Waals surface area contributed by atoms with Crippen molar-refractivity contribution in [1.29, 1.82) is 0 Å². The van der Waals surface area contributed by atoms with E-state index in [0.717, 1.165) is 0 Å². The third-order valence-electron chi connectivity index (χ3n) is 3.06. The second-order valence-corrected chi connectivity index (χ2v) is 5.62. The van der Waals surface area contributed by atoms with Crippen molar-refractivity contribution >= 4 is 33.3 Å². The van der Waals surface area contributed by atoms with Gasteiger partial charge in [-0.2, -0.15) is 0 Å². The van der Waals surface area contributed by atoms with Gasteiger partial charge >= 0.3 is 0 Å². The van der Waals surface area contributed by atoms with Crippen LogP contribution in [0.5, 0.6) is 5.75 Å². The highest BCUT2D eigenvalue weighted by atomic mass is 79.9. The number of carbonyl (C=O) groups excluding carboxylic acids is 2. The Morgan fingerprint density at radius 3 is 2.48 bits per heavy atom. The van der Waals surface area contributed by atoms with Crippen LogP contribution in [0.3, 0.4) is 0 Å². The van der Waals surface area contributed by atoms with E-state index in [9.17, 15) is 14.0 Å². The molecule has 0 spiro atoms. The van der Waals surface area contributed by atoms with Gasteiger partial charge < -0.3 is 10.1 Å². The summed E-state index contributed by atoms with van der Waals surface area (Å²) < 4.78 is 18.8. The molecule has 0 aromatic heterocycles. The Bertz CT molecular complexity index is 716. The number of hydrogen-bond donors (Lipinski definition) is 1. The van der Waals surface area contributed by atoms with Crippen molar-refractivity contribution in [3.8, 4) is 5.75 Å². The van der Waals surface area contributed by atoms with Crippen LogP contribution in [0.15, 0.2) is 46.9 Å². The Kier molecular flexibility index (Phi) is 5.87. The normalized spacial score (nSPS) is 10.2. The minimum atomic E-state index is -0.389. The molecule has 6 heteroatoms. The summed E-state index contributed by atoms with van der Waals surface area (Å²) in [5, 5.41) is 2.71. The topological polar surface area (TPSA) is 55.4 Å². The Morgan fingerprint density at radius 2 is 1.87 bits per heavy atom. The Balaban J connectivity index is 1.96. The summed E-state index contributed by atoms with van der Waals surface area (Å²) in [5.74, 6) is -0.296. The van der Waals surface area contributed by atoms with E-state index >= 15 is 0 Å². The number of halogens is 2. The lowest BCUT2D eigenvalue weighted by molar-refractivity contribution is -0.115. The minimum absolute atomic E-state index is 0.0893. The van der Waals surface area contributed by atoms with Gasteiger partial charge in [0, 0.05) is 17.7 Å². The summed E-state index contributed by atoms with van der Waals surface area (Å²) in [6.45, 7) is 1.60. The molecule has 2 aromatic rings. The molecule has 0 heterocycles. The van der Waals surface area contributed by atoms with Gasteiger partial charge in [-0.25, -0.2) is 4.39 Å². The number of ketones is 1. The molecular formula is C17H15BrFNO3. The van der Waals surface area contributed by atoms with Crippen LogP contribution in [-0.4, -0.2) is 18.3 Å². The molecule has 120 valence electrons. The van der Waals surface area contributed by atoms with Crippen molar-refractivity contribution in [2.45, 2.75) is 13.3 Å². The van der Waals surface area contributed by atoms with Crippen molar-refractivity contribution in [2.75, 3.05) is 11.9 Å². The SMILES string of the molecule is CCC(=O)Nc1ccc(C(=O)COc2ccc(F)cc2Br)cc1. The maximum absolute atomic E-state index is 13.0. The molecule has 1 amide bonds. The Morgan fingerprint density at radius 1 is 1.17 bits per heavy atom. The van der Waals surface area contributed by atoms with E-state index in [1.54, 1.807) is 31.2 Å². The molecule has 0 atom stereocenters. The number of carbonyl (C=O) groups is 2. The second kappa shape index (κ2) is 7.87. The maximum Gasteiger partial charge on any atom is 0.224 e. The van der Waals surface area contributed by atoms with E-state index in [4.69, 9.17) is 4.74 Å². The van der Waals surface area contributed by atoms with Crippen LogP contribution in [0, 0.1) is 5.82 Å². The van der Waals surface area contributed by atoms with E-state index in [2.05, 4.69) is 21.2 Å². The van der Waals surface area contributed by atoms with Gasteiger partial charge in [0.15, 0.2) is 12.4 Å². The fourth-order valence-corrected chi connectivity index (χ4v) is 2.27. The molecule has 0 aliphatic carbocycles. The van der Waals surface area contributed by atoms with Gasteiger partial charge in [-0.1, -0.05) is 6.92 Å². The lowest BCUT2D eigenvalue weighted by atomic mass is 10.1. The largest absolute Gasteiger partial charge is 0.484 e. The van der Waals surface area contributed by atoms with Gasteiger partial charge in [-0.05, 0) is 58.4 Å². The van der Waals surface area contributed by atoms with Crippen LogP contribution in [0.25, 0.3) is 0 Å². The number of ether oxygens (including phenoxy) is 1. The summed E-state index contributed by atoms with van der Waals surface area (Å²) in [5.41, 5.74) is 1.10. The number of anilines is 1. The van der Waals surface area contributed by atoms with Crippen LogP contribution in [0.4, 0.5) is 10.1 Å². The van der Waals surface area contributed by atoms with E-state index in [0.29, 0.717) is 27.9 Å². The third kappa shape index (κ3) is 4.89. The molecule has 4 nitrogen and oxygen atoms in total. The van der Waals surface area contributed by atoms with Crippen LogP contribution in [0.2, 0.25) is 0 Å². The summed E-state index contributed by atoms with van der Waals surface area (Å²) in [6.07, 6.45) is 0.390. The molecule has 0 saturated carbocycles. The molecule has 1 N–H and O–H groups in total. The lowest BCUT2D eigenvalue weighted by Gasteiger charge is -2.08. The fraction of sp³-hybridized carbons (Fsp3) is 0.176. The van der Waals surface area contributed by atoms with E-state index in [1.807, 2.05) is 0 Å². The highest BCUT2D eigenvalue weighted by molar-refractivity contribution is 9.10. The Labute approximate surface area is 141 Å². The fourth-order valence-electron chi connectivity index (χ4n) is 1.81. The standard InChI is InChI=1S/C17H15BrFNO3/c1-2-17(22)20-13-6-3-11(4-7-13)15(21)10-23-16-8-5-12(19)9-14(16)18/h3-9H,2,10H2,1H3,(H,20,22). The summed E-state index contributed by atoms with van der Waals surface area (Å²) >= 11 is 3.18. The number of hydrogen-bond acceptors (Lipinski definition) is 3. The van der Waals surface area contributed by atoms with Crippen molar-refractivity contribution in [1.82, 2.24) is 0 Å². The van der Waals surface area contributed by atoms with E-state index in [1.165, 1.54) is 18.2 Å². The lowest BCUT2D eigenvalue weighted by Crippen LogP contribution is -2.13. The first-order chi connectivity index (χ1) is 11.0. The van der Waals surface area contributed by atoms with Gasteiger partial charge in [0.2, 0.25) is 5.91 Å². The molecule has 0 bridgehead atoms. The molecule has 0 aliphatic heterocycles. The molecule has 2 rings (SSSR count). The van der Waals surface area contributed by atoms with Crippen LogP contribution >= 0.6 is 15.9 Å². The minimum Gasteiger partial charge on any atom is -0.484 e. The smallest absolute Gasteiger partial charge is 0.224 e. The predicted molar refractivity (Wildman–Crippen MR) is 89.3 cm³/mol. The number of Topliss-reactive ketones (excluding diaryl/α,β-unsaturated/α-hetero) is 1. The number of rotatable bonds is 6. The van der Waals surface area contributed by atoms with E-state index < -0.39 is 0 Å². The van der Waals surface area contributed by atoms with Crippen LogP contribution < -0.4 is 10.1 Å². The summed E-state index contributed by atoms with van der Waals surface area (Å²) in [7, 11) is 0. The van der Waals surface area contributed by atoms with Crippen LogP contribution in [-0.2, 0) is 4.79 Å². The highest BCUT2D eigenvalue weighted by Gasteiger charge is 2.09. The van der Waals surface area contributed by atoms with Gasteiger partial charge in [0.1, 0.15) is 11.6 Å². The average molecular weight is 380 g/mol. The summed E-state index contributed by atoms with van der Waals surface area (Å²) in [4.78, 5) is 23.4. The molecule has 2 aromatic carbocycles. The molecule has 0 unspecified atom stereocenters. The predicted octanol–water partition coefficient (Wildman–Crippen LogP) is 4.20. The molecular weight excluding hydrogens is 365 g/mol. The zero-order valence-corrected chi connectivity index (χ0v) is 14.0.